The van der Waals surface area contributed by atoms with Crippen molar-refractivity contribution in [1.82, 2.24) is 15.1 Å². The third-order valence-corrected chi connectivity index (χ3v) is 7.72. The monoisotopic (exact) mass is 436 g/mol. The maximum atomic E-state index is 12.3. The zero-order chi connectivity index (χ0) is 20.7. The highest BCUT2D eigenvalue weighted by Crippen LogP contribution is 2.20. The molecule has 2 heterocycles. The molecule has 0 atom stereocenters. The number of carbonyl (C=O) groups is 1. The van der Waals surface area contributed by atoms with Crippen LogP contribution in [0.15, 0.2) is 46.0 Å². The molecule has 1 fully saturated rings. The van der Waals surface area contributed by atoms with Gasteiger partial charge in [0.15, 0.2) is 0 Å². The Hall–Kier alpha value is -1.94. The number of amides is 1. The SMILES string of the molecule is CN1CCN(CCCCNC(=O)c2ccc(NS(=O)(=O)c3cccs3)cc2)CC1. The summed E-state index contributed by atoms with van der Waals surface area (Å²) >= 11 is 1.16. The van der Waals surface area contributed by atoms with Crippen LogP contribution in [0.2, 0.25) is 0 Å². The highest BCUT2D eigenvalue weighted by molar-refractivity contribution is 7.94. The fourth-order valence-corrected chi connectivity index (χ4v) is 5.20. The lowest BCUT2D eigenvalue weighted by atomic mass is 10.2. The van der Waals surface area contributed by atoms with Crippen LogP contribution in [0, 0.1) is 0 Å². The molecular weight excluding hydrogens is 408 g/mol. The number of nitrogens with one attached hydrogen (secondary N) is 2. The summed E-state index contributed by atoms with van der Waals surface area (Å²) in [6.07, 6.45) is 2.00. The summed E-state index contributed by atoms with van der Waals surface area (Å²) in [5.41, 5.74) is 0.949. The number of anilines is 1. The molecule has 0 bridgehead atoms. The Balaban J connectivity index is 1.39. The molecule has 1 aliphatic heterocycles. The van der Waals surface area contributed by atoms with Gasteiger partial charge in [0.25, 0.3) is 15.9 Å². The number of nitrogens with zero attached hydrogens (tertiary/aromatic N) is 2. The molecule has 1 amide bonds. The number of rotatable bonds is 9. The molecule has 0 saturated carbocycles. The van der Waals surface area contributed by atoms with Gasteiger partial charge in [0.05, 0.1) is 0 Å². The van der Waals surface area contributed by atoms with E-state index < -0.39 is 10.0 Å². The zero-order valence-electron chi connectivity index (χ0n) is 16.6. The Kier molecular flexibility index (Phi) is 7.65. The van der Waals surface area contributed by atoms with Crippen LogP contribution < -0.4 is 10.0 Å². The largest absolute Gasteiger partial charge is 0.352 e. The number of hydrogen-bond donors (Lipinski definition) is 2. The second kappa shape index (κ2) is 10.2. The van der Waals surface area contributed by atoms with Gasteiger partial charge in [-0.1, -0.05) is 6.07 Å². The predicted molar refractivity (Wildman–Crippen MR) is 117 cm³/mol. The quantitative estimate of drug-likeness (QED) is 0.590. The lowest BCUT2D eigenvalue weighted by Crippen LogP contribution is -2.44. The Morgan fingerprint density at radius 3 is 2.45 bits per heavy atom. The van der Waals surface area contributed by atoms with E-state index in [2.05, 4.69) is 26.9 Å². The van der Waals surface area contributed by atoms with Gasteiger partial charge in [0.1, 0.15) is 4.21 Å². The number of thiophene rings is 1. The van der Waals surface area contributed by atoms with Crippen LogP contribution in [0.1, 0.15) is 23.2 Å². The van der Waals surface area contributed by atoms with Crippen molar-refractivity contribution in [3.8, 4) is 0 Å². The van der Waals surface area contributed by atoms with E-state index in [4.69, 9.17) is 0 Å². The van der Waals surface area contributed by atoms with Crippen molar-refractivity contribution in [2.45, 2.75) is 17.1 Å². The zero-order valence-corrected chi connectivity index (χ0v) is 18.3. The molecule has 158 valence electrons. The second-order valence-corrected chi connectivity index (χ2v) is 10.1. The first-order chi connectivity index (χ1) is 13.9. The maximum Gasteiger partial charge on any atom is 0.271 e. The summed E-state index contributed by atoms with van der Waals surface area (Å²) in [6.45, 7) is 6.19. The highest BCUT2D eigenvalue weighted by Gasteiger charge is 2.15. The minimum Gasteiger partial charge on any atom is -0.352 e. The fraction of sp³-hybridized carbons (Fsp3) is 0.450. The van der Waals surface area contributed by atoms with Crippen LogP contribution in [0.3, 0.4) is 0 Å². The van der Waals surface area contributed by atoms with E-state index in [1.165, 1.54) is 0 Å². The van der Waals surface area contributed by atoms with Gasteiger partial charge in [-0.15, -0.1) is 11.3 Å². The Morgan fingerprint density at radius 1 is 1.07 bits per heavy atom. The first-order valence-corrected chi connectivity index (χ1v) is 12.2. The average Bonchev–Trinajstić information content (AvgIpc) is 3.25. The van der Waals surface area contributed by atoms with E-state index in [1.807, 2.05) is 0 Å². The van der Waals surface area contributed by atoms with Crippen molar-refractivity contribution < 1.29 is 13.2 Å². The van der Waals surface area contributed by atoms with Crippen molar-refractivity contribution >= 4 is 33.0 Å². The summed E-state index contributed by atoms with van der Waals surface area (Å²) < 4.78 is 27.2. The molecule has 2 N–H and O–H groups in total. The summed E-state index contributed by atoms with van der Waals surface area (Å²) in [6, 6.07) is 9.72. The van der Waals surface area contributed by atoms with Gasteiger partial charge in [-0.05, 0) is 62.1 Å². The Morgan fingerprint density at radius 2 is 1.79 bits per heavy atom. The van der Waals surface area contributed by atoms with Crippen LogP contribution in [0.5, 0.6) is 0 Å². The number of piperazine rings is 1. The molecule has 1 aromatic heterocycles. The molecule has 0 unspecified atom stereocenters. The average molecular weight is 437 g/mol. The molecule has 3 rings (SSSR count). The van der Waals surface area contributed by atoms with Crippen LogP contribution in [0.4, 0.5) is 5.69 Å². The van der Waals surface area contributed by atoms with Crippen molar-refractivity contribution in [2.24, 2.45) is 0 Å². The molecule has 7 nitrogen and oxygen atoms in total. The second-order valence-electron chi connectivity index (χ2n) is 7.22. The van der Waals surface area contributed by atoms with E-state index in [-0.39, 0.29) is 10.1 Å². The summed E-state index contributed by atoms with van der Waals surface area (Å²) in [5.74, 6) is -0.141. The number of benzene rings is 1. The maximum absolute atomic E-state index is 12.3. The fourth-order valence-electron chi connectivity index (χ4n) is 3.15. The van der Waals surface area contributed by atoms with Gasteiger partial charge in [0, 0.05) is 44.0 Å². The third kappa shape index (κ3) is 6.53. The normalized spacial score (nSPS) is 15.9. The van der Waals surface area contributed by atoms with Crippen LogP contribution >= 0.6 is 11.3 Å². The summed E-state index contributed by atoms with van der Waals surface area (Å²) in [7, 11) is -1.42. The minimum atomic E-state index is -3.57. The van der Waals surface area contributed by atoms with E-state index in [1.54, 1.807) is 41.8 Å². The molecule has 29 heavy (non-hydrogen) atoms. The number of carbonyl (C=O) groups excluding carboxylic acids is 1. The Bertz CT molecular complexity index is 875. The molecule has 1 aliphatic rings. The van der Waals surface area contributed by atoms with E-state index in [0.29, 0.717) is 17.8 Å². The number of sulfonamides is 1. The van der Waals surface area contributed by atoms with Gasteiger partial charge in [-0.25, -0.2) is 8.42 Å². The topological polar surface area (TPSA) is 81.8 Å². The van der Waals surface area contributed by atoms with Gasteiger partial charge in [-0.3, -0.25) is 9.52 Å². The highest BCUT2D eigenvalue weighted by atomic mass is 32.2. The smallest absolute Gasteiger partial charge is 0.271 e. The van der Waals surface area contributed by atoms with Gasteiger partial charge >= 0.3 is 0 Å². The summed E-state index contributed by atoms with van der Waals surface area (Å²) in [5, 5.41) is 4.65. The Labute approximate surface area is 176 Å². The minimum absolute atomic E-state index is 0.141. The number of unbranched alkanes of at least 4 members (excludes halogenated alkanes) is 1. The lowest BCUT2D eigenvalue weighted by molar-refractivity contribution is 0.0952. The molecule has 0 aliphatic carbocycles. The standard InChI is InChI=1S/C20H28N4O3S2/c1-23-12-14-24(15-13-23)11-3-2-10-21-20(25)17-6-8-18(9-7-17)22-29(26,27)19-5-4-16-28-19/h4-9,16,22H,2-3,10-15H2,1H3,(H,21,25). The number of hydrogen-bond acceptors (Lipinski definition) is 6. The van der Waals surface area contributed by atoms with Crippen LogP contribution in [-0.4, -0.2) is 70.4 Å². The van der Waals surface area contributed by atoms with Crippen LogP contribution in [0.25, 0.3) is 0 Å². The van der Waals surface area contributed by atoms with E-state index in [0.717, 1.165) is 56.9 Å². The van der Waals surface area contributed by atoms with Crippen molar-refractivity contribution in [3.63, 3.8) is 0 Å². The van der Waals surface area contributed by atoms with E-state index in [9.17, 15) is 13.2 Å². The van der Waals surface area contributed by atoms with Gasteiger partial charge in [-0.2, -0.15) is 0 Å². The predicted octanol–water partition coefficient (Wildman–Crippen LogP) is 2.31. The van der Waals surface area contributed by atoms with Crippen molar-refractivity contribution in [1.29, 1.82) is 0 Å². The number of likely N-dealkylation sites (N-methyl/N-ethyl adjacent to an activating group) is 1. The van der Waals surface area contributed by atoms with Gasteiger partial charge < -0.3 is 15.1 Å². The molecule has 0 spiro atoms. The lowest BCUT2D eigenvalue weighted by Gasteiger charge is -2.32. The van der Waals surface area contributed by atoms with E-state index >= 15 is 0 Å². The summed E-state index contributed by atoms with van der Waals surface area (Å²) in [4.78, 5) is 17.1. The molecular formula is C20H28N4O3S2. The van der Waals surface area contributed by atoms with Crippen molar-refractivity contribution in [2.75, 3.05) is 51.0 Å². The van der Waals surface area contributed by atoms with Crippen molar-refractivity contribution in [3.05, 3.63) is 47.3 Å². The first-order valence-electron chi connectivity index (χ1n) is 9.79. The van der Waals surface area contributed by atoms with Gasteiger partial charge in [0.2, 0.25) is 0 Å². The van der Waals surface area contributed by atoms with Crippen LogP contribution in [-0.2, 0) is 10.0 Å². The first kappa shape index (κ1) is 21.8. The molecule has 2 aromatic rings. The third-order valence-electron chi connectivity index (χ3n) is 4.94. The molecule has 1 aromatic carbocycles. The molecule has 1 saturated heterocycles. The molecule has 0 radical (unpaired) electrons. The molecule has 9 heteroatoms.